The molecule has 0 saturated carbocycles. The van der Waals surface area contributed by atoms with E-state index in [9.17, 15) is 4.79 Å². The van der Waals surface area contributed by atoms with Gasteiger partial charge in [-0.05, 0) is 12.3 Å². The summed E-state index contributed by atoms with van der Waals surface area (Å²) in [5.41, 5.74) is 4.83. The third-order valence-electron chi connectivity index (χ3n) is 0.642. The Bertz CT molecular complexity index is 137. The summed E-state index contributed by atoms with van der Waals surface area (Å²) in [5, 5.41) is 6.83. The summed E-state index contributed by atoms with van der Waals surface area (Å²) in [6.07, 6.45) is 2.42. The third kappa shape index (κ3) is 2.12. The molecule has 0 fully saturated rings. The van der Waals surface area contributed by atoms with Crippen LogP contribution in [0.1, 0.15) is 6.92 Å². The Morgan fingerprint density at radius 3 is 2.38 bits per heavy atom. The summed E-state index contributed by atoms with van der Waals surface area (Å²) in [4.78, 5) is 10.2. The first kappa shape index (κ1) is 6.88. The van der Waals surface area contributed by atoms with Crippen molar-refractivity contribution in [3.8, 4) is 0 Å². The quantitative estimate of drug-likeness (QED) is 0.496. The van der Waals surface area contributed by atoms with Gasteiger partial charge in [-0.1, -0.05) is 0 Å². The molecule has 0 bridgehead atoms. The van der Waals surface area contributed by atoms with E-state index < -0.39 is 0 Å². The van der Waals surface area contributed by atoms with E-state index in [0.29, 0.717) is 0 Å². The summed E-state index contributed by atoms with van der Waals surface area (Å²) < 4.78 is 0. The average Bonchev–Trinajstić information content (AvgIpc) is 1.67. The second kappa shape index (κ2) is 2.96. The van der Waals surface area contributed by atoms with Gasteiger partial charge in [0.05, 0.1) is 5.71 Å². The number of hydrogen-bond donors (Lipinski definition) is 2. The highest BCUT2D eigenvalue weighted by atomic mass is 16.1. The predicted octanol–water partition coefficient (Wildman–Crippen LogP) is 0.0676. The minimum absolute atomic E-state index is 0.0625. The van der Waals surface area contributed by atoms with E-state index in [4.69, 9.17) is 11.1 Å². The molecule has 0 heterocycles. The first-order valence-electron chi connectivity index (χ1n) is 2.16. The fraction of sp³-hybridized carbons (Fsp3) is 0.200. The van der Waals surface area contributed by atoms with E-state index in [1.54, 1.807) is 0 Å². The van der Waals surface area contributed by atoms with Crippen LogP contribution in [0.5, 0.6) is 0 Å². The van der Waals surface area contributed by atoms with Gasteiger partial charge < -0.3 is 5.73 Å². The Hall–Kier alpha value is -1.12. The van der Waals surface area contributed by atoms with Crippen molar-refractivity contribution in [1.82, 2.24) is 0 Å². The largest absolute Gasteiger partial charge is 0.405 e. The van der Waals surface area contributed by atoms with Gasteiger partial charge in [0.2, 0.25) is 0 Å². The number of hydrogen-bond acceptors (Lipinski definition) is 3. The lowest BCUT2D eigenvalue weighted by molar-refractivity contribution is -0.111. The molecule has 0 radical (unpaired) electrons. The van der Waals surface area contributed by atoms with Crippen molar-refractivity contribution in [3.05, 3.63) is 12.3 Å². The van der Waals surface area contributed by atoms with Crippen LogP contribution in [-0.2, 0) is 4.79 Å². The number of Topliss-reactive ketones (excluding diaryl/α,β-unsaturated/α-hetero) is 1. The van der Waals surface area contributed by atoms with Gasteiger partial charge in [-0.25, -0.2) is 0 Å². The molecule has 0 rings (SSSR count). The number of allylic oxidation sites excluding steroid dienone is 1. The first-order chi connectivity index (χ1) is 3.68. The maximum Gasteiger partial charge on any atom is 0.177 e. The van der Waals surface area contributed by atoms with Crippen molar-refractivity contribution in [2.24, 2.45) is 5.73 Å². The number of nitrogens with one attached hydrogen (secondary N) is 1. The molecule has 0 aromatic carbocycles. The van der Waals surface area contributed by atoms with Crippen molar-refractivity contribution in [2.45, 2.75) is 6.92 Å². The van der Waals surface area contributed by atoms with Gasteiger partial charge in [-0.15, -0.1) is 0 Å². The summed E-state index contributed by atoms with van der Waals surface area (Å²) in [6.45, 7) is 1.32. The molecular weight excluding hydrogens is 104 g/mol. The smallest absolute Gasteiger partial charge is 0.177 e. The van der Waals surface area contributed by atoms with Crippen LogP contribution in [0.2, 0.25) is 0 Å². The average molecular weight is 112 g/mol. The van der Waals surface area contributed by atoms with Gasteiger partial charge in [0.15, 0.2) is 5.78 Å². The summed E-state index contributed by atoms with van der Waals surface area (Å²) in [5.74, 6) is -0.272. The molecule has 8 heavy (non-hydrogen) atoms. The van der Waals surface area contributed by atoms with E-state index in [2.05, 4.69) is 0 Å². The van der Waals surface area contributed by atoms with Crippen LogP contribution >= 0.6 is 0 Å². The molecule has 0 unspecified atom stereocenters. The lowest BCUT2D eigenvalue weighted by atomic mass is 10.3. The van der Waals surface area contributed by atoms with Crippen LogP contribution in [0, 0.1) is 5.41 Å². The van der Waals surface area contributed by atoms with Crippen LogP contribution in [0.4, 0.5) is 0 Å². The number of ketones is 1. The normalized spacial score (nSPS) is 9.62. The molecule has 44 valence electrons. The molecular formula is C5H8N2O. The molecule has 0 aromatic heterocycles. The Kier molecular flexibility index (Phi) is 2.54. The zero-order chi connectivity index (χ0) is 6.57. The molecule has 0 spiro atoms. The Labute approximate surface area is 47.7 Å². The number of rotatable bonds is 2. The van der Waals surface area contributed by atoms with Crippen molar-refractivity contribution in [3.63, 3.8) is 0 Å². The molecule has 0 aliphatic rings. The number of carbonyl (C=O) groups excluding carboxylic acids is 1. The molecule has 3 nitrogen and oxygen atoms in total. The van der Waals surface area contributed by atoms with Gasteiger partial charge >= 0.3 is 0 Å². The summed E-state index contributed by atoms with van der Waals surface area (Å²) in [6, 6.07) is 0. The van der Waals surface area contributed by atoms with Crippen LogP contribution in [-0.4, -0.2) is 11.5 Å². The monoisotopic (exact) mass is 112 g/mol. The Morgan fingerprint density at radius 1 is 1.75 bits per heavy atom. The van der Waals surface area contributed by atoms with Crippen LogP contribution < -0.4 is 5.73 Å². The summed E-state index contributed by atoms with van der Waals surface area (Å²) >= 11 is 0. The van der Waals surface area contributed by atoms with Gasteiger partial charge in [0.25, 0.3) is 0 Å². The van der Waals surface area contributed by atoms with Crippen molar-refractivity contribution in [1.29, 1.82) is 5.41 Å². The fourth-order valence-corrected chi connectivity index (χ4v) is 0.214. The minimum Gasteiger partial charge on any atom is -0.405 e. The van der Waals surface area contributed by atoms with Crippen molar-refractivity contribution in [2.75, 3.05) is 0 Å². The number of carbonyl (C=O) groups is 1. The Balaban J connectivity index is 3.85. The first-order valence-corrected chi connectivity index (χ1v) is 2.16. The molecule has 0 saturated heterocycles. The zero-order valence-corrected chi connectivity index (χ0v) is 4.64. The van der Waals surface area contributed by atoms with Crippen molar-refractivity contribution >= 4 is 11.5 Å². The lowest BCUT2D eigenvalue weighted by Crippen LogP contribution is -2.04. The van der Waals surface area contributed by atoms with Gasteiger partial charge in [-0.2, -0.15) is 0 Å². The zero-order valence-electron chi connectivity index (χ0n) is 4.64. The standard InChI is InChI=1S/C5H8N2O/c1-4(8)5(7)2-3-6/h2-3,7H,6H2,1H3/b3-2-,7-5?. The van der Waals surface area contributed by atoms with Gasteiger partial charge in [0, 0.05) is 6.92 Å². The third-order valence-corrected chi connectivity index (χ3v) is 0.642. The van der Waals surface area contributed by atoms with Crippen molar-refractivity contribution < 1.29 is 4.79 Å². The highest BCUT2D eigenvalue weighted by Crippen LogP contribution is 1.75. The molecule has 0 aliphatic heterocycles. The van der Waals surface area contributed by atoms with E-state index in [1.807, 2.05) is 0 Å². The second-order valence-electron chi connectivity index (χ2n) is 1.33. The van der Waals surface area contributed by atoms with Crippen LogP contribution in [0.15, 0.2) is 12.3 Å². The van der Waals surface area contributed by atoms with E-state index in [1.165, 1.54) is 19.2 Å². The predicted molar refractivity (Wildman–Crippen MR) is 31.7 cm³/mol. The van der Waals surface area contributed by atoms with E-state index in [-0.39, 0.29) is 11.5 Å². The highest BCUT2D eigenvalue weighted by molar-refractivity contribution is 6.42. The highest BCUT2D eigenvalue weighted by Gasteiger charge is 1.93. The second-order valence-corrected chi connectivity index (χ2v) is 1.33. The topological polar surface area (TPSA) is 66.9 Å². The SMILES string of the molecule is CC(=O)C(=N)/C=C\N. The molecule has 0 aliphatic carbocycles. The van der Waals surface area contributed by atoms with E-state index >= 15 is 0 Å². The minimum atomic E-state index is -0.272. The van der Waals surface area contributed by atoms with Gasteiger partial charge in [-0.3, -0.25) is 10.2 Å². The lowest BCUT2D eigenvalue weighted by Gasteiger charge is -1.83. The maximum absolute atomic E-state index is 10.2. The molecule has 0 aromatic rings. The van der Waals surface area contributed by atoms with E-state index in [0.717, 1.165) is 0 Å². The molecule has 0 amide bonds. The molecule has 3 N–H and O–H groups in total. The molecule has 0 atom stereocenters. The fourth-order valence-electron chi connectivity index (χ4n) is 0.214. The van der Waals surface area contributed by atoms with Crippen LogP contribution in [0.3, 0.4) is 0 Å². The summed E-state index contributed by atoms with van der Waals surface area (Å²) in [7, 11) is 0. The molecule has 3 heteroatoms. The maximum atomic E-state index is 10.2. The van der Waals surface area contributed by atoms with Crippen LogP contribution in [0.25, 0.3) is 0 Å². The number of nitrogens with two attached hydrogens (primary N) is 1. The van der Waals surface area contributed by atoms with Gasteiger partial charge in [0.1, 0.15) is 0 Å². The Morgan fingerprint density at radius 2 is 2.25 bits per heavy atom.